The van der Waals surface area contributed by atoms with E-state index < -0.39 is 41.8 Å². The van der Waals surface area contributed by atoms with Crippen molar-refractivity contribution < 1.29 is 34.0 Å². The molecule has 3 rings (SSSR count). The Kier molecular flexibility index (Phi) is 5.29. The smallest absolute Gasteiger partial charge is 0.334 e. The molecule has 0 unspecified atom stereocenters. The van der Waals surface area contributed by atoms with Crippen molar-refractivity contribution in [3.8, 4) is 0 Å². The minimum Gasteiger partial charge on any atom is -0.458 e. The zero-order valence-corrected chi connectivity index (χ0v) is 15.8. The molecule has 6 atom stereocenters. The first-order valence-corrected chi connectivity index (χ1v) is 9.11. The Balaban J connectivity index is 2.00. The third-order valence-electron chi connectivity index (χ3n) is 5.74. The van der Waals surface area contributed by atoms with E-state index in [1.807, 2.05) is 6.92 Å². The van der Waals surface area contributed by atoms with Crippen LogP contribution in [0.1, 0.15) is 33.6 Å². The van der Waals surface area contributed by atoms with Gasteiger partial charge in [0.05, 0.1) is 30.3 Å². The Bertz CT molecular complexity index is 722. The molecule has 27 heavy (non-hydrogen) atoms. The van der Waals surface area contributed by atoms with Crippen LogP contribution in [0.4, 0.5) is 0 Å². The summed E-state index contributed by atoms with van der Waals surface area (Å²) in [4.78, 5) is 24.5. The number of rotatable bonds is 3. The minimum atomic E-state index is -0.903. The maximum Gasteiger partial charge on any atom is 0.334 e. The van der Waals surface area contributed by atoms with Crippen LogP contribution in [0.3, 0.4) is 0 Å². The van der Waals surface area contributed by atoms with Gasteiger partial charge in [-0.25, -0.2) is 9.59 Å². The van der Waals surface area contributed by atoms with E-state index >= 15 is 0 Å². The Labute approximate surface area is 158 Å². The lowest BCUT2D eigenvalue weighted by atomic mass is 9.82. The molecule has 7 nitrogen and oxygen atoms in total. The van der Waals surface area contributed by atoms with Gasteiger partial charge < -0.3 is 24.4 Å². The molecule has 2 heterocycles. The molecule has 0 spiro atoms. The van der Waals surface area contributed by atoms with Gasteiger partial charge in [0.25, 0.3) is 0 Å². The summed E-state index contributed by atoms with van der Waals surface area (Å²) in [5, 5.41) is 20.1. The fourth-order valence-electron chi connectivity index (χ4n) is 3.77. The number of esters is 2. The number of fused-ring (bicyclic) bond motifs is 2. The van der Waals surface area contributed by atoms with E-state index in [0.29, 0.717) is 24.0 Å². The number of aliphatic hydroxyl groups is 2. The first-order chi connectivity index (χ1) is 12.7. The number of hydrogen-bond acceptors (Lipinski definition) is 7. The molecule has 0 bridgehead atoms. The molecule has 148 valence electrons. The molecule has 0 aromatic rings. The van der Waals surface area contributed by atoms with Crippen molar-refractivity contribution in [2.24, 2.45) is 5.92 Å². The lowest BCUT2D eigenvalue weighted by molar-refractivity contribution is -0.148. The molecule has 7 heteroatoms. The number of carbonyl (C=O) groups is 2. The van der Waals surface area contributed by atoms with Crippen molar-refractivity contribution in [3.05, 3.63) is 35.5 Å². The molecular formula is C20H26O7. The predicted molar refractivity (Wildman–Crippen MR) is 95.5 cm³/mol. The van der Waals surface area contributed by atoms with Gasteiger partial charge in [-0.05, 0) is 32.4 Å². The standard InChI is InChI=1S/C20H26O7/c1-5-10(2)18(23)26-15-8-20(4)16(27-20)7-13(22)12(9-21)6-14-17(15)11(3)19(24)25-14/h5-6,13-17,21-22H,3,7-9H2,1-2,4H3/b10-5+,12-6-/t13-,14+,15+,16+,17-,20+/m0/s1. The fourth-order valence-corrected chi connectivity index (χ4v) is 3.77. The molecule has 3 aliphatic rings. The lowest BCUT2D eigenvalue weighted by Crippen LogP contribution is -2.38. The summed E-state index contributed by atoms with van der Waals surface area (Å²) in [5.74, 6) is -1.66. The van der Waals surface area contributed by atoms with Gasteiger partial charge in [0, 0.05) is 24.0 Å². The van der Waals surface area contributed by atoms with Crippen LogP contribution < -0.4 is 0 Å². The number of ether oxygens (including phenoxy) is 3. The van der Waals surface area contributed by atoms with E-state index in [2.05, 4.69) is 6.58 Å². The Morgan fingerprint density at radius 2 is 2.22 bits per heavy atom. The van der Waals surface area contributed by atoms with Gasteiger partial charge in [0.1, 0.15) is 12.2 Å². The maximum atomic E-state index is 12.4. The minimum absolute atomic E-state index is 0.209. The van der Waals surface area contributed by atoms with E-state index in [-0.39, 0.29) is 18.3 Å². The first-order valence-electron chi connectivity index (χ1n) is 9.11. The second-order valence-corrected chi connectivity index (χ2v) is 7.61. The van der Waals surface area contributed by atoms with E-state index in [0.717, 1.165) is 0 Å². The van der Waals surface area contributed by atoms with Crippen molar-refractivity contribution in [2.45, 2.75) is 63.6 Å². The van der Waals surface area contributed by atoms with Crippen LogP contribution in [0.25, 0.3) is 0 Å². The van der Waals surface area contributed by atoms with Crippen molar-refractivity contribution in [3.63, 3.8) is 0 Å². The molecule has 0 aromatic carbocycles. The van der Waals surface area contributed by atoms with Gasteiger partial charge in [0.2, 0.25) is 0 Å². The molecule has 0 radical (unpaired) electrons. The highest BCUT2D eigenvalue weighted by Gasteiger charge is 2.57. The second kappa shape index (κ2) is 7.22. The summed E-state index contributed by atoms with van der Waals surface area (Å²) in [6.07, 6.45) is 1.27. The normalized spacial score (nSPS) is 41.0. The van der Waals surface area contributed by atoms with E-state index in [1.165, 1.54) is 0 Å². The van der Waals surface area contributed by atoms with Crippen LogP contribution in [-0.2, 0) is 23.8 Å². The van der Waals surface area contributed by atoms with Crippen molar-refractivity contribution >= 4 is 11.9 Å². The van der Waals surface area contributed by atoms with Crippen molar-refractivity contribution in [2.75, 3.05) is 6.61 Å². The topological polar surface area (TPSA) is 106 Å². The quantitative estimate of drug-likeness (QED) is 0.329. The molecule has 2 N–H and O–H groups in total. The SMILES string of the molecule is C=C1C(=O)O[C@@H]2/C=C(/CO)[C@@H](O)C[C@H]3O[C@]3(C)C[C@@H](OC(=O)/C(C)=C/C)[C@@H]12. The molecule has 0 saturated carbocycles. The third kappa shape index (κ3) is 3.72. The zero-order valence-electron chi connectivity index (χ0n) is 15.8. The second-order valence-electron chi connectivity index (χ2n) is 7.61. The predicted octanol–water partition coefficient (Wildman–Crippen LogP) is 1.19. The third-order valence-corrected chi connectivity index (χ3v) is 5.74. The molecule has 2 fully saturated rings. The number of allylic oxidation sites excluding steroid dienone is 1. The first kappa shape index (κ1) is 19.8. The summed E-state index contributed by atoms with van der Waals surface area (Å²) in [6, 6.07) is 0. The van der Waals surface area contributed by atoms with Gasteiger partial charge in [-0.1, -0.05) is 12.7 Å². The van der Waals surface area contributed by atoms with Crippen molar-refractivity contribution in [1.29, 1.82) is 0 Å². The van der Waals surface area contributed by atoms with E-state index in [9.17, 15) is 19.8 Å². The number of hydrogen-bond donors (Lipinski definition) is 2. The molecular weight excluding hydrogens is 352 g/mol. The summed E-state index contributed by atoms with van der Waals surface area (Å²) < 4.78 is 16.9. The summed E-state index contributed by atoms with van der Waals surface area (Å²) in [6.45, 7) is 8.73. The highest BCUT2D eigenvalue weighted by molar-refractivity contribution is 5.92. The van der Waals surface area contributed by atoms with E-state index in [1.54, 1.807) is 26.0 Å². The molecule has 0 amide bonds. The van der Waals surface area contributed by atoms with Crippen LogP contribution in [0, 0.1) is 5.92 Å². The Morgan fingerprint density at radius 3 is 2.85 bits per heavy atom. The molecule has 2 saturated heterocycles. The highest BCUT2D eigenvalue weighted by atomic mass is 16.6. The Hall–Kier alpha value is -1.96. The highest BCUT2D eigenvalue weighted by Crippen LogP contribution is 2.47. The molecule has 2 aliphatic heterocycles. The van der Waals surface area contributed by atoms with Crippen LogP contribution in [0.5, 0.6) is 0 Å². The molecule has 0 aromatic heterocycles. The number of aliphatic hydroxyl groups excluding tert-OH is 2. The largest absolute Gasteiger partial charge is 0.458 e. The zero-order chi connectivity index (χ0) is 19.9. The van der Waals surface area contributed by atoms with Gasteiger partial charge in [-0.3, -0.25) is 0 Å². The van der Waals surface area contributed by atoms with Crippen molar-refractivity contribution in [1.82, 2.24) is 0 Å². The van der Waals surface area contributed by atoms with E-state index in [4.69, 9.17) is 14.2 Å². The monoisotopic (exact) mass is 378 g/mol. The lowest BCUT2D eigenvalue weighted by Gasteiger charge is -2.29. The fraction of sp³-hybridized carbons (Fsp3) is 0.600. The van der Waals surface area contributed by atoms with Crippen LogP contribution in [0.15, 0.2) is 35.5 Å². The molecule has 1 aliphatic carbocycles. The van der Waals surface area contributed by atoms with Crippen LogP contribution in [-0.4, -0.2) is 58.8 Å². The number of carbonyl (C=O) groups excluding carboxylic acids is 2. The average Bonchev–Trinajstić information content (AvgIpc) is 3.15. The summed E-state index contributed by atoms with van der Waals surface area (Å²) in [7, 11) is 0. The maximum absolute atomic E-state index is 12.4. The van der Waals surface area contributed by atoms with Gasteiger partial charge in [0.15, 0.2) is 0 Å². The Morgan fingerprint density at radius 1 is 1.52 bits per heavy atom. The van der Waals surface area contributed by atoms with Gasteiger partial charge in [-0.15, -0.1) is 0 Å². The summed E-state index contributed by atoms with van der Waals surface area (Å²) >= 11 is 0. The summed E-state index contributed by atoms with van der Waals surface area (Å²) in [5.41, 5.74) is 0.423. The van der Waals surface area contributed by atoms with Gasteiger partial charge >= 0.3 is 11.9 Å². The van der Waals surface area contributed by atoms with Gasteiger partial charge in [-0.2, -0.15) is 0 Å². The van der Waals surface area contributed by atoms with Crippen LogP contribution >= 0.6 is 0 Å². The average molecular weight is 378 g/mol. The number of epoxide rings is 1. The van der Waals surface area contributed by atoms with Crippen LogP contribution in [0.2, 0.25) is 0 Å².